The van der Waals surface area contributed by atoms with Crippen molar-refractivity contribution >= 4 is 11.6 Å². The minimum Gasteiger partial charge on any atom is -0.454 e. The molecule has 86 valence electrons. The van der Waals surface area contributed by atoms with E-state index >= 15 is 0 Å². The van der Waals surface area contributed by atoms with Crippen molar-refractivity contribution in [3.05, 3.63) is 22.2 Å². The van der Waals surface area contributed by atoms with Gasteiger partial charge in [-0.2, -0.15) is 0 Å². The van der Waals surface area contributed by atoms with Crippen molar-refractivity contribution in [2.24, 2.45) is 0 Å². The first kappa shape index (κ1) is 10.2. The summed E-state index contributed by atoms with van der Waals surface area (Å²) in [7, 11) is 0. The van der Waals surface area contributed by atoms with Crippen LogP contribution in [0.4, 0.5) is 0 Å². The molecule has 0 saturated heterocycles. The van der Waals surface area contributed by atoms with Gasteiger partial charge in [0, 0.05) is 17.5 Å². The fourth-order valence-electron chi connectivity index (χ4n) is 2.07. The van der Waals surface area contributed by atoms with Gasteiger partial charge < -0.3 is 14.6 Å². The highest BCUT2D eigenvalue weighted by molar-refractivity contribution is 6.31. The fraction of sp³-hybridized carbons (Fsp3) is 0.500. The lowest BCUT2D eigenvalue weighted by Crippen LogP contribution is -2.12. The number of halogens is 1. The van der Waals surface area contributed by atoms with Crippen LogP contribution in [0.1, 0.15) is 24.0 Å². The van der Waals surface area contributed by atoms with Crippen LogP contribution in [0, 0.1) is 6.92 Å². The highest BCUT2D eigenvalue weighted by Crippen LogP contribution is 2.45. The van der Waals surface area contributed by atoms with Crippen LogP contribution in [-0.4, -0.2) is 17.5 Å². The molecule has 0 atom stereocenters. The predicted molar refractivity (Wildman–Crippen MR) is 60.2 cm³/mol. The lowest BCUT2D eigenvalue weighted by Gasteiger charge is -2.14. The number of benzene rings is 1. The number of fused-ring (bicyclic) bond motifs is 1. The second-order valence-corrected chi connectivity index (χ2v) is 5.00. The quantitative estimate of drug-likeness (QED) is 0.863. The van der Waals surface area contributed by atoms with E-state index in [1.807, 2.05) is 6.92 Å². The van der Waals surface area contributed by atoms with Gasteiger partial charge in [-0.15, -0.1) is 0 Å². The van der Waals surface area contributed by atoms with E-state index in [9.17, 15) is 5.11 Å². The summed E-state index contributed by atoms with van der Waals surface area (Å²) in [6.07, 6.45) is 2.32. The van der Waals surface area contributed by atoms with E-state index in [0.29, 0.717) is 17.2 Å². The molecule has 16 heavy (non-hydrogen) atoms. The normalized spacial score (nSPS) is 19.9. The standard InChI is InChI=1S/C12H13ClO3/c1-7-8(5-12(14)2-3-12)9(13)4-10-11(7)16-6-15-10/h4,14H,2-3,5-6H2,1H3. The molecule has 1 aromatic rings. The van der Waals surface area contributed by atoms with Crippen molar-refractivity contribution < 1.29 is 14.6 Å². The third-order valence-corrected chi connectivity index (χ3v) is 3.65. The summed E-state index contributed by atoms with van der Waals surface area (Å²) < 4.78 is 10.7. The Morgan fingerprint density at radius 2 is 2.19 bits per heavy atom. The van der Waals surface area contributed by atoms with Crippen molar-refractivity contribution in [2.45, 2.75) is 31.8 Å². The van der Waals surface area contributed by atoms with Gasteiger partial charge in [-0.05, 0) is 30.9 Å². The van der Waals surface area contributed by atoms with Gasteiger partial charge in [-0.1, -0.05) is 11.6 Å². The molecule has 1 N–H and O–H groups in total. The van der Waals surface area contributed by atoms with Crippen LogP contribution in [0.15, 0.2) is 6.07 Å². The van der Waals surface area contributed by atoms with E-state index in [-0.39, 0.29) is 6.79 Å². The molecule has 1 heterocycles. The van der Waals surface area contributed by atoms with Crippen molar-refractivity contribution in [3.63, 3.8) is 0 Å². The molecule has 0 bridgehead atoms. The molecule has 0 spiro atoms. The number of ether oxygens (including phenoxy) is 2. The molecule has 1 saturated carbocycles. The van der Waals surface area contributed by atoms with Crippen LogP contribution >= 0.6 is 11.6 Å². The molecular weight excluding hydrogens is 228 g/mol. The summed E-state index contributed by atoms with van der Waals surface area (Å²) in [4.78, 5) is 0. The Morgan fingerprint density at radius 3 is 2.88 bits per heavy atom. The Bertz CT molecular complexity index is 452. The zero-order valence-electron chi connectivity index (χ0n) is 9.05. The Kier molecular flexibility index (Phi) is 2.10. The molecule has 1 fully saturated rings. The van der Waals surface area contributed by atoms with Gasteiger partial charge in [0.15, 0.2) is 11.5 Å². The van der Waals surface area contributed by atoms with E-state index < -0.39 is 5.60 Å². The Labute approximate surface area is 98.9 Å². The zero-order chi connectivity index (χ0) is 11.3. The first-order chi connectivity index (χ1) is 7.59. The Morgan fingerprint density at radius 1 is 1.44 bits per heavy atom. The van der Waals surface area contributed by atoms with Gasteiger partial charge >= 0.3 is 0 Å². The third kappa shape index (κ3) is 1.55. The van der Waals surface area contributed by atoms with E-state index in [1.165, 1.54) is 0 Å². The van der Waals surface area contributed by atoms with Gasteiger partial charge in [0.1, 0.15) is 0 Å². The first-order valence-corrected chi connectivity index (χ1v) is 5.77. The number of hydrogen-bond acceptors (Lipinski definition) is 3. The molecule has 2 aliphatic rings. The van der Waals surface area contributed by atoms with Gasteiger partial charge in [-0.3, -0.25) is 0 Å². The molecule has 0 unspecified atom stereocenters. The zero-order valence-corrected chi connectivity index (χ0v) is 9.80. The maximum absolute atomic E-state index is 9.95. The summed E-state index contributed by atoms with van der Waals surface area (Å²) >= 11 is 6.20. The fourth-order valence-corrected chi connectivity index (χ4v) is 2.38. The van der Waals surface area contributed by atoms with E-state index in [1.54, 1.807) is 6.07 Å². The van der Waals surface area contributed by atoms with E-state index in [4.69, 9.17) is 21.1 Å². The number of aliphatic hydroxyl groups is 1. The van der Waals surface area contributed by atoms with Gasteiger partial charge in [0.2, 0.25) is 6.79 Å². The van der Waals surface area contributed by atoms with Gasteiger partial charge in [-0.25, -0.2) is 0 Å². The Balaban J connectivity index is 2.03. The van der Waals surface area contributed by atoms with Crippen LogP contribution in [0.5, 0.6) is 11.5 Å². The molecule has 1 aliphatic heterocycles. The highest BCUT2D eigenvalue weighted by atomic mass is 35.5. The van der Waals surface area contributed by atoms with Crippen LogP contribution in [0.2, 0.25) is 5.02 Å². The summed E-state index contributed by atoms with van der Waals surface area (Å²) in [5.41, 5.74) is 1.42. The molecule has 0 amide bonds. The SMILES string of the molecule is Cc1c(CC2(O)CC2)c(Cl)cc2c1OCO2. The monoisotopic (exact) mass is 240 g/mol. The van der Waals surface area contributed by atoms with E-state index in [2.05, 4.69) is 0 Å². The van der Waals surface area contributed by atoms with Crippen LogP contribution in [0.3, 0.4) is 0 Å². The molecular formula is C12H13ClO3. The smallest absolute Gasteiger partial charge is 0.231 e. The second-order valence-electron chi connectivity index (χ2n) is 4.60. The largest absolute Gasteiger partial charge is 0.454 e. The lowest BCUT2D eigenvalue weighted by atomic mass is 10.00. The maximum Gasteiger partial charge on any atom is 0.231 e. The molecule has 4 heteroatoms. The summed E-state index contributed by atoms with van der Waals surface area (Å²) in [6, 6.07) is 1.78. The lowest BCUT2D eigenvalue weighted by molar-refractivity contribution is 0.150. The average Bonchev–Trinajstić information content (AvgIpc) is 2.77. The van der Waals surface area contributed by atoms with Crippen molar-refractivity contribution in [2.75, 3.05) is 6.79 Å². The molecule has 0 radical (unpaired) electrons. The van der Waals surface area contributed by atoms with Crippen LogP contribution in [0.25, 0.3) is 0 Å². The minimum absolute atomic E-state index is 0.250. The van der Waals surface area contributed by atoms with Crippen LogP contribution in [-0.2, 0) is 6.42 Å². The topological polar surface area (TPSA) is 38.7 Å². The van der Waals surface area contributed by atoms with Gasteiger partial charge in [0.25, 0.3) is 0 Å². The number of hydrogen-bond donors (Lipinski definition) is 1. The summed E-state index contributed by atoms with van der Waals surface area (Å²) in [5, 5.41) is 10.6. The maximum atomic E-state index is 9.95. The molecule has 1 aromatic carbocycles. The second kappa shape index (κ2) is 3.28. The molecule has 0 aromatic heterocycles. The summed E-state index contributed by atoms with van der Waals surface area (Å²) in [6.45, 7) is 2.21. The predicted octanol–water partition coefficient (Wildman–Crippen LogP) is 2.44. The van der Waals surface area contributed by atoms with Crippen molar-refractivity contribution in [3.8, 4) is 11.5 Å². The molecule has 3 rings (SSSR count). The molecule has 1 aliphatic carbocycles. The van der Waals surface area contributed by atoms with E-state index in [0.717, 1.165) is 29.7 Å². The van der Waals surface area contributed by atoms with Gasteiger partial charge in [0.05, 0.1) is 5.60 Å². The third-order valence-electron chi connectivity index (χ3n) is 3.31. The molecule has 3 nitrogen and oxygen atoms in total. The highest BCUT2D eigenvalue weighted by Gasteiger charge is 2.41. The average molecular weight is 241 g/mol. The van der Waals surface area contributed by atoms with Crippen LogP contribution < -0.4 is 9.47 Å². The number of rotatable bonds is 2. The van der Waals surface area contributed by atoms with Crippen molar-refractivity contribution in [1.29, 1.82) is 0 Å². The Hall–Kier alpha value is -0.930. The van der Waals surface area contributed by atoms with Crippen molar-refractivity contribution in [1.82, 2.24) is 0 Å². The minimum atomic E-state index is -0.540. The summed E-state index contributed by atoms with van der Waals surface area (Å²) in [5.74, 6) is 1.47. The first-order valence-electron chi connectivity index (χ1n) is 5.39.